The van der Waals surface area contributed by atoms with Crippen LogP contribution in [0.5, 0.6) is 0 Å². The molecule has 2 atom stereocenters. The Morgan fingerprint density at radius 1 is 0.614 bits per heavy atom. The van der Waals surface area contributed by atoms with Crippen LogP contribution in [0.4, 0.5) is 0 Å². The monoisotopic (exact) mass is 598 g/mol. The third-order valence-corrected chi connectivity index (χ3v) is 10.7. The highest BCUT2D eigenvalue weighted by atomic mass is 32.1. The van der Waals surface area contributed by atoms with Gasteiger partial charge in [0.25, 0.3) is 0 Å². The van der Waals surface area contributed by atoms with Crippen molar-refractivity contribution in [3.05, 3.63) is 150 Å². The molecule has 0 aliphatic heterocycles. The molecule has 0 N–H and O–H groups in total. The lowest BCUT2D eigenvalue weighted by atomic mass is 9.56. The molecule has 0 saturated heterocycles. The average molecular weight is 599 g/mol. The molecule has 4 nitrogen and oxygen atoms in total. The molecule has 206 valence electrons. The van der Waals surface area contributed by atoms with Gasteiger partial charge >= 0.3 is 0 Å². The van der Waals surface area contributed by atoms with Crippen molar-refractivity contribution >= 4 is 33.8 Å². The zero-order valence-electron chi connectivity index (χ0n) is 23.3. The number of hydrogen-bond donors (Lipinski definition) is 0. The number of allylic oxidation sites excluding steroid dienone is 2. The molecule has 3 aromatic carbocycles. The van der Waals surface area contributed by atoms with Crippen LogP contribution in [0, 0.1) is 84.0 Å². The summed E-state index contributed by atoms with van der Waals surface area (Å²) in [5.74, 6) is -3.07. The summed E-state index contributed by atoms with van der Waals surface area (Å²) in [6.07, 6.45) is 3.96. The van der Waals surface area contributed by atoms with Gasteiger partial charge in [0.05, 0.1) is 29.7 Å². The summed E-state index contributed by atoms with van der Waals surface area (Å²) < 4.78 is 0. The normalized spacial score (nSPS) is 22.1. The Balaban J connectivity index is 1.85. The van der Waals surface area contributed by atoms with Gasteiger partial charge < -0.3 is 0 Å². The van der Waals surface area contributed by atoms with Gasteiger partial charge in [-0.05, 0) is 65.4 Å². The maximum Gasteiger partial charge on any atom is 0.147 e. The summed E-state index contributed by atoms with van der Waals surface area (Å²) in [6.45, 7) is 0. The van der Waals surface area contributed by atoms with Crippen molar-refractivity contribution in [1.29, 1.82) is 21.0 Å². The highest BCUT2D eigenvalue weighted by Gasteiger charge is 2.54. The fraction of sp³-hybridized carbons (Fsp3) is 0.105. The predicted molar refractivity (Wildman–Crippen MR) is 172 cm³/mol. The Morgan fingerprint density at radius 3 is 1.89 bits per heavy atom. The maximum absolute atomic E-state index is 10.5. The summed E-state index contributed by atoms with van der Waals surface area (Å²) in [6, 6.07) is 39.8. The van der Waals surface area contributed by atoms with Gasteiger partial charge in [-0.15, -0.1) is 22.7 Å². The fourth-order valence-electron chi connectivity index (χ4n) is 7.00. The minimum absolute atomic E-state index is 0.779. The molecule has 2 unspecified atom stereocenters. The highest BCUT2D eigenvalue weighted by Crippen LogP contribution is 2.54. The van der Waals surface area contributed by atoms with E-state index >= 15 is 0 Å². The molecule has 0 bridgehead atoms. The first-order valence-corrected chi connectivity index (χ1v) is 15.9. The number of benzene rings is 3. The van der Waals surface area contributed by atoms with Crippen LogP contribution >= 0.6 is 22.7 Å². The highest BCUT2D eigenvalue weighted by molar-refractivity contribution is 7.13. The summed E-state index contributed by atoms with van der Waals surface area (Å²) in [5.41, 5.74) is 1.58. The number of nitrogens with zero attached hydrogens (tertiary/aromatic N) is 4. The largest absolute Gasteiger partial charge is 0.197 e. The molecule has 0 saturated carbocycles. The van der Waals surface area contributed by atoms with E-state index in [0.29, 0.717) is 0 Å². The Kier molecular flexibility index (Phi) is 6.81. The minimum atomic E-state index is -1.22. The van der Waals surface area contributed by atoms with Crippen molar-refractivity contribution in [3.8, 4) is 34.7 Å². The van der Waals surface area contributed by atoms with E-state index in [1.165, 1.54) is 11.3 Å². The third kappa shape index (κ3) is 3.91. The van der Waals surface area contributed by atoms with E-state index in [4.69, 9.17) is 0 Å². The molecular weight excluding hydrogens is 577 g/mol. The van der Waals surface area contributed by atoms with E-state index in [1.807, 2.05) is 53.9 Å². The Labute approximate surface area is 261 Å². The van der Waals surface area contributed by atoms with Crippen molar-refractivity contribution in [3.63, 3.8) is 0 Å². The van der Waals surface area contributed by atoms with Crippen LogP contribution in [-0.4, -0.2) is 0 Å². The lowest BCUT2D eigenvalue weighted by Gasteiger charge is -2.44. The molecule has 5 aromatic rings. The number of fused-ring (bicyclic) bond motifs is 4. The Bertz CT molecular complexity index is 2440. The van der Waals surface area contributed by atoms with E-state index < -0.39 is 23.2 Å². The molecule has 0 spiro atoms. The second-order valence-electron chi connectivity index (χ2n) is 10.8. The SMILES string of the molecule is N#CC(C#N)C1C2=c3\cccc\c3=c3/cccc/c3=c3\c(-c4cccs4)ccc\c3=C\2C=CC1(c1cccs1)C(C#N)C#N. The molecule has 0 fully saturated rings. The minimum Gasteiger partial charge on any atom is -0.197 e. The number of rotatable bonds is 4. The Morgan fingerprint density at radius 2 is 1.25 bits per heavy atom. The molecule has 44 heavy (non-hydrogen) atoms. The van der Waals surface area contributed by atoms with Crippen LogP contribution in [0.1, 0.15) is 4.88 Å². The van der Waals surface area contributed by atoms with Crippen LogP contribution in [0.15, 0.2) is 114 Å². The van der Waals surface area contributed by atoms with Crippen LogP contribution in [0.25, 0.3) is 21.6 Å². The summed E-state index contributed by atoms with van der Waals surface area (Å²) in [5, 5.41) is 52.0. The van der Waals surface area contributed by atoms with Gasteiger partial charge in [-0.1, -0.05) is 91.0 Å². The number of thiophene rings is 2. The predicted octanol–water partition coefficient (Wildman–Crippen LogP) is 6.82. The lowest BCUT2D eigenvalue weighted by Crippen LogP contribution is -2.47. The first kappa shape index (κ1) is 27.3. The molecule has 2 heterocycles. The van der Waals surface area contributed by atoms with E-state index in [1.54, 1.807) is 11.3 Å². The lowest BCUT2D eigenvalue weighted by molar-refractivity contribution is 0.336. The van der Waals surface area contributed by atoms with E-state index in [0.717, 1.165) is 57.8 Å². The molecule has 0 amide bonds. The number of hydrogen-bond acceptors (Lipinski definition) is 6. The van der Waals surface area contributed by atoms with Crippen molar-refractivity contribution in [2.75, 3.05) is 0 Å². The topological polar surface area (TPSA) is 95.2 Å². The summed E-state index contributed by atoms with van der Waals surface area (Å²) in [4.78, 5) is 1.92. The molecule has 0 radical (unpaired) electrons. The zero-order chi connectivity index (χ0) is 30.3. The van der Waals surface area contributed by atoms with Gasteiger partial charge in [0.15, 0.2) is 0 Å². The van der Waals surface area contributed by atoms with Gasteiger partial charge in [-0.2, -0.15) is 21.0 Å². The van der Waals surface area contributed by atoms with Gasteiger partial charge in [0.1, 0.15) is 11.8 Å². The molecule has 7 rings (SSSR count). The van der Waals surface area contributed by atoms with Crippen LogP contribution in [0.3, 0.4) is 0 Å². The quantitative estimate of drug-likeness (QED) is 0.227. The molecule has 6 heteroatoms. The van der Waals surface area contributed by atoms with Crippen LogP contribution in [0.2, 0.25) is 0 Å². The summed E-state index contributed by atoms with van der Waals surface area (Å²) >= 11 is 3.12. The van der Waals surface area contributed by atoms with Gasteiger partial charge in [0.2, 0.25) is 0 Å². The van der Waals surface area contributed by atoms with E-state index in [2.05, 4.69) is 84.3 Å². The first-order valence-electron chi connectivity index (χ1n) is 14.1. The van der Waals surface area contributed by atoms with Crippen molar-refractivity contribution in [2.45, 2.75) is 5.41 Å². The zero-order valence-corrected chi connectivity index (χ0v) is 24.9. The van der Waals surface area contributed by atoms with Gasteiger partial charge in [-0.25, -0.2) is 0 Å². The number of nitriles is 4. The standard InChI is InChI=1S/C38H22N4S2/c39-20-24(21-40)37-36-29-11-4-2-9-27(29)26-8-1-3-10-28(26)35-30(12-5-13-32(35)33-14-6-18-43-33)31(36)16-17-38(37,25(22-41)23-42)34-15-7-19-44-34/h1-19,24-25,37H/b27-26-,31-30-,35-28+,36-29+. The average Bonchev–Trinajstić information content (AvgIpc) is 3.81. The van der Waals surface area contributed by atoms with Crippen LogP contribution < -0.4 is 10.4 Å². The molecule has 2 aliphatic rings. The van der Waals surface area contributed by atoms with Gasteiger partial charge in [0, 0.05) is 21.2 Å². The van der Waals surface area contributed by atoms with E-state index in [9.17, 15) is 21.0 Å². The fourth-order valence-corrected chi connectivity index (χ4v) is 8.74. The van der Waals surface area contributed by atoms with Crippen molar-refractivity contribution < 1.29 is 0 Å². The molecule has 2 aliphatic carbocycles. The second kappa shape index (κ2) is 11.0. The van der Waals surface area contributed by atoms with E-state index in [-0.39, 0.29) is 0 Å². The van der Waals surface area contributed by atoms with Crippen molar-refractivity contribution in [2.24, 2.45) is 17.8 Å². The van der Waals surface area contributed by atoms with Crippen LogP contribution in [-0.2, 0) is 5.41 Å². The second-order valence-corrected chi connectivity index (χ2v) is 12.7. The first-order chi connectivity index (χ1) is 21.7. The third-order valence-electron chi connectivity index (χ3n) is 8.78. The summed E-state index contributed by atoms with van der Waals surface area (Å²) in [7, 11) is 0. The molecule has 2 aromatic heterocycles. The smallest absolute Gasteiger partial charge is 0.147 e. The van der Waals surface area contributed by atoms with Gasteiger partial charge in [-0.3, -0.25) is 0 Å². The Hall–Kier alpha value is -5.50. The maximum atomic E-state index is 10.5. The van der Waals surface area contributed by atoms with Crippen molar-refractivity contribution in [1.82, 2.24) is 0 Å². The molecular formula is C38H22N4S2.